The Hall–Kier alpha value is -1.61. The van der Waals surface area contributed by atoms with Crippen LogP contribution in [0.5, 0.6) is 0 Å². The molecule has 0 aliphatic heterocycles. The van der Waals surface area contributed by atoms with E-state index < -0.39 is 5.97 Å². The Labute approximate surface area is 91.8 Å². The summed E-state index contributed by atoms with van der Waals surface area (Å²) in [6, 6.07) is 11.8. The molecule has 0 fully saturated rings. The van der Waals surface area contributed by atoms with Crippen LogP contribution in [0.1, 0.15) is 4.88 Å². The Kier molecular flexibility index (Phi) is 2.83. The first-order valence-corrected chi connectivity index (χ1v) is 5.49. The zero-order valence-electron chi connectivity index (χ0n) is 8.01. The number of benzene rings is 1. The van der Waals surface area contributed by atoms with Crippen LogP contribution in [-0.2, 0) is 11.2 Å². The standard InChI is InChI=1S/C12H10O2S/c13-12(14)8-11-10(6-7-15-11)9-4-2-1-3-5-9/h1-7H,8H2,(H,13,14). The van der Waals surface area contributed by atoms with Gasteiger partial charge in [-0.15, -0.1) is 11.3 Å². The maximum Gasteiger partial charge on any atom is 0.308 e. The molecular weight excluding hydrogens is 208 g/mol. The van der Waals surface area contributed by atoms with Gasteiger partial charge in [0.1, 0.15) is 0 Å². The lowest BCUT2D eigenvalue weighted by atomic mass is 10.1. The Morgan fingerprint density at radius 2 is 1.93 bits per heavy atom. The highest BCUT2D eigenvalue weighted by molar-refractivity contribution is 7.10. The van der Waals surface area contributed by atoms with Crippen LogP contribution in [0.4, 0.5) is 0 Å². The van der Waals surface area contributed by atoms with Gasteiger partial charge >= 0.3 is 5.97 Å². The van der Waals surface area contributed by atoms with Crippen molar-refractivity contribution in [3.05, 3.63) is 46.7 Å². The molecule has 2 rings (SSSR count). The molecule has 15 heavy (non-hydrogen) atoms. The fourth-order valence-corrected chi connectivity index (χ4v) is 2.38. The fraction of sp³-hybridized carbons (Fsp3) is 0.0833. The molecule has 0 radical (unpaired) electrons. The third-order valence-electron chi connectivity index (χ3n) is 2.14. The van der Waals surface area contributed by atoms with Gasteiger partial charge in [0.25, 0.3) is 0 Å². The highest BCUT2D eigenvalue weighted by Gasteiger charge is 2.09. The highest BCUT2D eigenvalue weighted by atomic mass is 32.1. The second-order valence-corrected chi connectivity index (χ2v) is 4.19. The van der Waals surface area contributed by atoms with Crippen LogP contribution in [0.15, 0.2) is 41.8 Å². The van der Waals surface area contributed by atoms with Gasteiger partial charge in [0.05, 0.1) is 6.42 Å². The lowest BCUT2D eigenvalue weighted by molar-refractivity contribution is -0.136. The molecule has 2 aromatic rings. The zero-order valence-corrected chi connectivity index (χ0v) is 8.83. The van der Waals surface area contributed by atoms with E-state index in [0.717, 1.165) is 16.0 Å². The number of aliphatic carboxylic acids is 1. The van der Waals surface area contributed by atoms with Crippen molar-refractivity contribution in [3.8, 4) is 11.1 Å². The normalized spacial score (nSPS) is 10.1. The first kappa shape index (κ1) is 9.93. The van der Waals surface area contributed by atoms with Gasteiger partial charge in [0, 0.05) is 4.88 Å². The molecule has 0 aliphatic rings. The average molecular weight is 218 g/mol. The van der Waals surface area contributed by atoms with E-state index in [2.05, 4.69) is 0 Å². The van der Waals surface area contributed by atoms with Crippen molar-refractivity contribution in [2.45, 2.75) is 6.42 Å². The minimum absolute atomic E-state index is 0.0991. The summed E-state index contributed by atoms with van der Waals surface area (Å²) in [7, 11) is 0. The SMILES string of the molecule is O=C(O)Cc1sccc1-c1ccccc1. The van der Waals surface area contributed by atoms with Crippen LogP contribution < -0.4 is 0 Å². The molecule has 1 aromatic carbocycles. The maximum absolute atomic E-state index is 10.7. The molecule has 0 saturated carbocycles. The van der Waals surface area contributed by atoms with Crippen molar-refractivity contribution in [2.24, 2.45) is 0 Å². The van der Waals surface area contributed by atoms with Crippen LogP contribution in [0.25, 0.3) is 11.1 Å². The molecule has 3 heteroatoms. The average Bonchev–Trinajstić information content (AvgIpc) is 2.66. The van der Waals surface area contributed by atoms with E-state index in [1.165, 1.54) is 11.3 Å². The Bertz CT molecular complexity index is 459. The second-order valence-electron chi connectivity index (χ2n) is 3.19. The molecule has 0 saturated heterocycles. The summed E-state index contributed by atoms with van der Waals surface area (Å²) in [5, 5.41) is 10.7. The summed E-state index contributed by atoms with van der Waals surface area (Å²) < 4.78 is 0. The number of carbonyl (C=O) groups is 1. The molecule has 1 N–H and O–H groups in total. The van der Waals surface area contributed by atoms with E-state index in [1.54, 1.807) is 0 Å². The Morgan fingerprint density at radius 1 is 1.20 bits per heavy atom. The van der Waals surface area contributed by atoms with Gasteiger partial charge in [-0.3, -0.25) is 4.79 Å². The lowest BCUT2D eigenvalue weighted by Crippen LogP contribution is -1.98. The van der Waals surface area contributed by atoms with Crippen molar-refractivity contribution in [3.63, 3.8) is 0 Å². The minimum atomic E-state index is -0.783. The minimum Gasteiger partial charge on any atom is -0.481 e. The smallest absolute Gasteiger partial charge is 0.308 e. The molecule has 0 spiro atoms. The topological polar surface area (TPSA) is 37.3 Å². The van der Waals surface area contributed by atoms with Gasteiger partial charge in [-0.1, -0.05) is 30.3 Å². The molecule has 0 amide bonds. The third-order valence-corrected chi connectivity index (χ3v) is 3.06. The van der Waals surface area contributed by atoms with Gasteiger partial charge in [0.15, 0.2) is 0 Å². The molecule has 0 aliphatic carbocycles. The van der Waals surface area contributed by atoms with E-state index >= 15 is 0 Å². The molecule has 1 heterocycles. The number of carboxylic acids is 1. The van der Waals surface area contributed by atoms with E-state index in [4.69, 9.17) is 5.11 Å². The molecule has 0 unspecified atom stereocenters. The van der Waals surface area contributed by atoms with Crippen LogP contribution in [0.2, 0.25) is 0 Å². The molecule has 76 valence electrons. The van der Waals surface area contributed by atoms with Crippen LogP contribution in [-0.4, -0.2) is 11.1 Å². The number of rotatable bonds is 3. The van der Waals surface area contributed by atoms with Crippen molar-refractivity contribution in [2.75, 3.05) is 0 Å². The third kappa shape index (κ3) is 2.25. The van der Waals surface area contributed by atoms with Gasteiger partial charge in [0.2, 0.25) is 0 Å². The largest absolute Gasteiger partial charge is 0.481 e. The predicted molar refractivity (Wildman–Crippen MR) is 61.1 cm³/mol. The molecule has 0 atom stereocenters. The molecule has 0 bridgehead atoms. The number of carboxylic acid groups (broad SMARTS) is 1. The second kappa shape index (κ2) is 4.28. The summed E-state index contributed by atoms with van der Waals surface area (Å²) in [4.78, 5) is 11.6. The number of thiophene rings is 1. The quantitative estimate of drug-likeness (QED) is 0.859. The van der Waals surface area contributed by atoms with Crippen LogP contribution in [0, 0.1) is 0 Å². The van der Waals surface area contributed by atoms with Gasteiger partial charge in [-0.2, -0.15) is 0 Å². The van der Waals surface area contributed by atoms with Crippen molar-refractivity contribution >= 4 is 17.3 Å². The fourth-order valence-electron chi connectivity index (χ4n) is 1.49. The first-order valence-electron chi connectivity index (χ1n) is 4.61. The van der Waals surface area contributed by atoms with Crippen molar-refractivity contribution in [1.29, 1.82) is 0 Å². The van der Waals surface area contributed by atoms with E-state index in [9.17, 15) is 4.79 Å². The summed E-state index contributed by atoms with van der Waals surface area (Å²) in [6.07, 6.45) is 0.0991. The van der Waals surface area contributed by atoms with E-state index in [1.807, 2.05) is 41.8 Å². The molecule has 2 nitrogen and oxygen atoms in total. The van der Waals surface area contributed by atoms with E-state index in [0.29, 0.717) is 0 Å². The summed E-state index contributed by atoms with van der Waals surface area (Å²) in [5.74, 6) is -0.783. The first-order chi connectivity index (χ1) is 7.27. The van der Waals surface area contributed by atoms with E-state index in [-0.39, 0.29) is 6.42 Å². The van der Waals surface area contributed by atoms with Crippen LogP contribution >= 0.6 is 11.3 Å². The highest BCUT2D eigenvalue weighted by Crippen LogP contribution is 2.28. The zero-order chi connectivity index (χ0) is 10.7. The van der Waals surface area contributed by atoms with Crippen LogP contribution in [0.3, 0.4) is 0 Å². The predicted octanol–water partition coefficient (Wildman–Crippen LogP) is 3.04. The molecule has 1 aromatic heterocycles. The summed E-state index contributed by atoms with van der Waals surface area (Å²) in [6.45, 7) is 0. The Balaban J connectivity index is 2.37. The molecular formula is C12H10O2S. The maximum atomic E-state index is 10.7. The van der Waals surface area contributed by atoms with Crippen molar-refractivity contribution < 1.29 is 9.90 Å². The van der Waals surface area contributed by atoms with Gasteiger partial charge < -0.3 is 5.11 Å². The number of hydrogen-bond donors (Lipinski definition) is 1. The summed E-state index contributed by atoms with van der Waals surface area (Å²) in [5.41, 5.74) is 2.11. The van der Waals surface area contributed by atoms with Gasteiger partial charge in [-0.05, 0) is 22.6 Å². The monoisotopic (exact) mass is 218 g/mol. The Morgan fingerprint density at radius 3 is 2.60 bits per heavy atom. The lowest BCUT2D eigenvalue weighted by Gasteiger charge is -2.01. The summed E-state index contributed by atoms with van der Waals surface area (Å²) >= 11 is 1.49. The van der Waals surface area contributed by atoms with Gasteiger partial charge in [-0.25, -0.2) is 0 Å². The van der Waals surface area contributed by atoms with Crippen molar-refractivity contribution in [1.82, 2.24) is 0 Å². The number of hydrogen-bond acceptors (Lipinski definition) is 2.